The molecule has 21 heavy (non-hydrogen) atoms. The van der Waals surface area contributed by atoms with Crippen molar-refractivity contribution in [3.05, 3.63) is 41.7 Å². The Bertz CT molecular complexity index is 668. The minimum atomic E-state index is -1.66. The van der Waals surface area contributed by atoms with Crippen LogP contribution < -0.4 is 4.43 Å². The SMILES string of the molecule is CC(=Nc1ccc(C)cc1O[Si](C)(C)C)c1cnn(C)c1. The van der Waals surface area contributed by atoms with E-state index in [1.807, 2.05) is 32.4 Å². The number of aryl methyl sites for hydroxylation is 2. The summed E-state index contributed by atoms with van der Waals surface area (Å²) in [6, 6.07) is 6.14. The molecule has 0 saturated heterocycles. The summed E-state index contributed by atoms with van der Waals surface area (Å²) in [7, 11) is 0.241. The van der Waals surface area contributed by atoms with E-state index in [1.165, 1.54) is 5.56 Å². The van der Waals surface area contributed by atoms with E-state index in [4.69, 9.17) is 9.42 Å². The number of rotatable bonds is 4. The quantitative estimate of drug-likeness (QED) is 0.630. The van der Waals surface area contributed by atoms with Crippen LogP contribution in [0.15, 0.2) is 35.6 Å². The molecule has 2 aromatic rings. The van der Waals surface area contributed by atoms with Gasteiger partial charge in [-0.05, 0) is 51.2 Å². The van der Waals surface area contributed by atoms with Gasteiger partial charge < -0.3 is 4.43 Å². The minimum Gasteiger partial charge on any atom is -0.543 e. The Morgan fingerprint density at radius 2 is 2.00 bits per heavy atom. The minimum absolute atomic E-state index is 0.873. The van der Waals surface area contributed by atoms with Crippen LogP contribution in [0.5, 0.6) is 5.75 Å². The number of aliphatic imine (C=N–C) groups is 1. The first kappa shape index (κ1) is 15.5. The average molecular weight is 301 g/mol. The molecule has 1 aromatic heterocycles. The summed E-state index contributed by atoms with van der Waals surface area (Å²) in [5.41, 5.74) is 4.02. The highest BCUT2D eigenvalue weighted by Gasteiger charge is 2.18. The Hall–Kier alpha value is -1.88. The van der Waals surface area contributed by atoms with Gasteiger partial charge in [0.25, 0.3) is 0 Å². The van der Waals surface area contributed by atoms with E-state index < -0.39 is 8.32 Å². The molecule has 1 heterocycles. The monoisotopic (exact) mass is 301 g/mol. The standard InChI is InChI=1S/C16H23N3OSi/c1-12-7-8-15(16(9-12)20-21(4,5)6)18-13(2)14-10-17-19(3)11-14/h7-11H,1-6H3. The first-order chi connectivity index (χ1) is 9.74. The molecule has 0 fully saturated rings. The number of hydrogen-bond acceptors (Lipinski definition) is 3. The number of nitrogens with zero attached hydrogens (tertiary/aromatic N) is 3. The number of hydrogen-bond donors (Lipinski definition) is 0. The molecule has 0 amide bonds. The molecule has 0 atom stereocenters. The highest BCUT2D eigenvalue weighted by molar-refractivity contribution is 6.70. The second-order valence-electron chi connectivity index (χ2n) is 6.29. The van der Waals surface area contributed by atoms with Gasteiger partial charge in [0.2, 0.25) is 8.32 Å². The summed E-state index contributed by atoms with van der Waals surface area (Å²) in [6.45, 7) is 10.6. The van der Waals surface area contributed by atoms with Crippen molar-refractivity contribution < 1.29 is 4.43 Å². The predicted octanol–water partition coefficient (Wildman–Crippen LogP) is 4.08. The zero-order chi connectivity index (χ0) is 15.6. The zero-order valence-electron chi connectivity index (χ0n) is 13.6. The van der Waals surface area contributed by atoms with Crippen LogP contribution in [0.2, 0.25) is 19.6 Å². The van der Waals surface area contributed by atoms with E-state index in [9.17, 15) is 0 Å². The van der Waals surface area contributed by atoms with Crippen LogP contribution in [0.1, 0.15) is 18.1 Å². The first-order valence-corrected chi connectivity index (χ1v) is 10.5. The fourth-order valence-electron chi connectivity index (χ4n) is 1.98. The van der Waals surface area contributed by atoms with Crippen molar-refractivity contribution in [2.24, 2.45) is 12.0 Å². The molecule has 112 valence electrons. The molecule has 0 aliphatic heterocycles. The van der Waals surface area contributed by atoms with Crippen LogP contribution in [0.25, 0.3) is 0 Å². The molecule has 0 spiro atoms. The lowest BCUT2D eigenvalue weighted by Crippen LogP contribution is -2.29. The summed E-state index contributed by atoms with van der Waals surface area (Å²) < 4.78 is 7.95. The lowest BCUT2D eigenvalue weighted by Gasteiger charge is -2.21. The predicted molar refractivity (Wildman–Crippen MR) is 90.2 cm³/mol. The van der Waals surface area contributed by atoms with Gasteiger partial charge in [0, 0.05) is 24.5 Å². The third-order valence-corrected chi connectivity index (χ3v) is 3.77. The maximum absolute atomic E-state index is 6.17. The van der Waals surface area contributed by atoms with E-state index >= 15 is 0 Å². The van der Waals surface area contributed by atoms with Crippen LogP contribution >= 0.6 is 0 Å². The Morgan fingerprint density at radius 3 is 2.57 bits per heavy atom. The van der Waals surface area contributed by atoms with Crippen LogP contribution in [-0.4, -0.2) is 23.8 Å². The summed E-state index contributed by atoms with van der Waals surface area (Å²) in [6.07, 6.45) is 3.79. The second-order valence-corrected chi connectivity index (χ2v) is 10.7. The molecule has 1 aromatic carbocycles. The maximum atomic E-state index is 6.17. The van der Waals surface area contributed by atoms with Gasteiger partial charge in [0.1, 0.15) is 11.4 Å². The van der Waals surface area contributed by atoms with Crippen molar-refractivity contribution in [1.29, 1.82) is 0 Å². The molecule has 4 nitrogen and oxygen atoms in total. The highest BCUT2D eigenvalue weighted by atomic mass is 28.4. The van der Waals surface area contributed by atoms with Gasteiger partial charge in [0.15, 0.2) is 0 Å². The Morgan fingerprint density at radius 1 is 1.29 bits per heavy atom. The van der Waals surface area contributed by atoms with E-state index in [-0.39, 0.29) is 0 Å². The van der Waals surface area contributed by atoms with Gasteiger partial charge in [-0.1, -0.05) is 6.07 Å². The molecule has 2 rings (SSSR count). The van der Waals surface area contributed by atoms with Crippen molar-refractivity contribution in [2.45, 2.75) is 33.5 Å². The van der Waals surface area contributed by atoms with Gasteiger partial charge in [-0.15, -0.1) is 0 Å². The molecule has 0 aliphatic rings. The van der Waals surface area contributed by atoms with E-state index in [0.717, 1.165) is 22.7 Å². The average Bonchev–Trinajstić information content (AvgIpc) is 2.77. The molecule has 5 heteroatoms. The van der Waals surface area contributed by atoms with Gasteiger partial charge in [-0.2, -0.15) is 5.10 Å². The molecule has 0 saturated carbocycles. The Balaban J connectivity index is 2.39. The zero-order valence-corrected chi connectivity index (χ0v) is 14.6. The van der Waals surface area contributed by atoms with Crippen LogP contribution in [0.3, 0.4) is 0 Å². The van der Waals surface area contributed by atoms with Gasteiger partial charge in [-0.3, -0.25) is 4.68 Å². The van der Waals surface area contributed by atoms with Gasteiger partial charge in [0.05, 0.1) is 6.20 Å². The highest BCUT2D eigenvalue weighted by Crippen LogP contribution is 2.31. The van der Waals surface area contributed by atoms with Crippen molar-refractivity contribution in [3.63, 3.8) is 0 Å². The van der Waals surface area contributed by atoms with Crippen molar-refractivity contribution in [3.8, 4) is 5.75 Å². The van der Waals surface area contributed by atoms with Gasteiger partial charge >= 0.3 is 0 Å². The van der Waals surface area contributed by atoms with E-state index in [0.29, 0.717) is 0 Å². The van der Waals surface area contributed by atoms with E-state index in [2.05, 4.69) is 43.8 Å². The fraction of sp³-hybridized carbons (Fsp3) is 0.375. The first-order valence-electron chi connectivity index (χ1n) is 7.08. The fourth-order valence-corrected chi connectivity index (χ4v) is 2.80. The molecule has 0 aliphatic carbocycles. The van der Waals surface area contributed by atoms with Crippen molar-refractivity contribution >= 4 is 19.7 Å². The molecule has 0 N–H and O–H groups in total. The lowest BCUT2D eigenvalue weighted by atomic mass is 10.2. The Labute approximate surface area is 127 Å². The third-order valence-electron chi connectivity index (χ3n) is 2.94. The summed E-state index contributed by atoms with van der Waals surface area (Å²) >= 11 is 0. The summed E-state index contributed by atoms with van der Waals surface area (Å²) in [4.78, 5) is 4.73. The normalized spacial score (nSPS) is 12.6. The molecule has 0 radical (unpaired) electrons. The molecular weight excluding hydrogens is 278 g/mol. The van der Waals surface area contributed by atoms with Crippen molar-refractivity contribution in [1.82, 2.24) is 9.78 Å². The molecular formula is C16H23N3OSi. The summed E-state index contributed by atoms with van der Waals surface area (Å²) in [5, 5.41) is 4.19. The maximum Gasteiger partial charge on any atom is 0.242 e. The van der Waals surface area contributed by atoms with Crippen LogP contribution in [0, 0.1) is 6.92 Å². The van der Waals surface area contributed by atoms with Crippen LogP contribution in [-0.2, 0) is 7.05 Å². The number of benzene rings is 1. The Kier molecular flexibility index (Phi) is 4.32. The van der Waals surface area contributed by atoms with Gasteiger partial charge in [-0.25, -0.2) is 4.99 Å². The van der Waals surface area contributed by atoms with Crippen LogP contribution in [0.4, 0.5) is 5.69 Å². The smallest absolute Gasteiger partial charge is 0.242 e. The third kappa shape index (κ3) is 4.29. The molecule has 0 unspecified atom stereocenters. The topological polar surface area (TPSA) is 39.4 Å². The number of aromatic nitrogens is 2. The van der Waals surface area contributed by atoms with E-state index in [1.54, 1.807) is 4.68 Å². The lowest BCUT2D eigenvalue weighted by molar-refractivity contribution is 0.558. The largest absolute Gasteiger partial charge is 0.543 e. The molecule has 0 bridgehead atoms. The second kappa shape index (κ2) is 5.85. The van der Waals surface area contributed by atoms with Crippen molar-refractivity contribution in [2.75, 3.05) is 0 Å². The summed E-state index contributed by atoms with van der Waals surface area (Å²) in [5.74, 6) is 0.873.